The van der Waals surface area contributed by atoms with Crippen molar-refractivity contribution in [2.45, 2.75) is 13.1 Å². The third kappa shape index (κ3) is 2.13. The van der Waals surface area contributed by atoms with E-state index in [0.29, 0.717) is 0 Å². The van der Waals surface area contributed by atoms with E-state index in [9.17, 15) is 0 Å². The quantitative estimate of drug-likeness (QED) is 0.510. The van der Waals surface area contributed by atoms with Crippen molar-refractivity contribution in [2.24, 2.45) is 0 Å². The fraction of sp³-hybridized carbons (Fsp3) is 0.273. The Morgan fingerprint density at radius 2 is 1.77 bits per heavy atom. The molecule has 0 heterocycles. The number of ether oxygens (including phenoxy) is 1. The largest absolute Gasteiger partial charge is 0.497 e. The number of benzene rings is 1. The van der Waals surface area contributed by atoms with Crippen molar-refractivity contribution >= 4 is 13.3 Å². The van der Waals surface area contributed by atoms with E-state index in [4.69, 9.17) is 11.2 Å². The summed E-state index contributed by atoms with van der Waals surface area (Å²) in [6.07, 6.45) is 5.49. The first-order valence-corrected chi connectivity index (χ1v) is 7.22. The summed E-state index contributed by atoms with van der Waals surface area (Å²) in [5.74, 6) is 0.880. The Morgan fingerprint density at radius 3 is 2.15 bits per heavy atom. The minimum Gasteiger partial charge on any atom is -0.497 e. The molecule has 0 atom stereocenters. The van der Waals surface area contributed by atoms with Crippen molar-refractivity contribution in [2.75, 3.05) is 7.11 Å². The van der Waals surface area contributed by atoms with Gasteiger partial charge in [0.25, 0.3) is 0 Å². The van der Waals surface area contributed by atoms with Crippen molar-refractivity contribution in [1.29, 1.82) is 0 Å². The van der Waals surface area contributed by atoms with Crippen molar-refractivity contribution in [3.05, 3.63) is 24.3 Å². The van der Waals surface area contributed by atoms with Crippen LogP contribution in [0.5, 0.6) is 5.75 Å². The molecule has 0 radical (unpaired) electrons. The molecular formula is C11H14OSi. The molecule has 0 unspecified atom stereocenters. The summed E-state index contributed by atoms with van der Waals surface area (Å²) in [5.41, 5.74) is 2.89. The Hall–Kier alpha value is -1.20. The molecule has 0 saturated heterocycles. The van der Waals surface area contributed by atoms with Crippen LogP contribution in [-0.2, 0) is 0 Å². The monoisotopic (exact) mass is 190 g/mol. The van der Waals surface area contributed by atoms with Gasteiger partial charge in [-0.3, -0.25) is 0 Å². The van der Waals surface area contributed by atoms with E-state index in [2.05, 4.69) is 30.8 Å². The Balaban J connectivity index is 3.00. The smallest absolute Gasteiger partial charge is 0.162 e. The van der Waals surface area contributed by atoms with Gasteiger partial charge in [0.15, 0.2) is 8.07 Å². The lowest BCUT2D eigenvalue weighted by Gasteiger charge is -2.15. The lowest BCUT2D eigenvalue weighted by molar-refractivity contribution is 0.415. The fourth-order valence-corrected chi connectivity index (χ4v) is 2.26. The first-order valence-electron chi connectivity index (χ1n) is 4.22. The highest BCUT2D eigenvalue weighted by atomic mass is 28.3. The van der Waals surface area contributed by atoms with Crippen LogP contribution in [0, 0.1) is 12.0 Å². The normalized spacial score (nSPS) is 10.6. The number of hydrogen-bond acceptors (Lipinski definition) is 1. The third-order valence-corrected chi connectivity index (χ3v) is 4.67. The van der Waals surface area contributed by atoms with Crippen LogP contribution in [0.15, 0.2) is 24.3 Å². The van der Waals surface area contributed by atoms with Gasteiger partial charge in [-0.15, -0.1) is 12.0 Å². The minimum absolute atomic E-state index is 0.880. The molecule has 13 heavy (non-hydrogen) atoms. The molecule has 0 N–H and O–H groups in total. The van der Waals surface area contributed by atoms with E-state index >= 15 is 0 Å². The molecule has 0 aliphatic rings. The summed E-state index contributed by atoms with van der Waals surface area (Å²) in [7, 11) is 0.0486. The summed E-state index contributed by atoms with van der Waals surface area (Å²) >= 11 is 0. The van der Waals surface area contributed by atoms with Gasteiger partial charge in [-0.05, 0) is 17.3 Å². The summed E-state index contributed by atoms with van der Waals surface area (Å²) in [4.78, 5) is 0. The summed E-state index contributed by atoms with van der Waals surface area (Å²) in [6, 6.07) is 8.04. The highest BCUT2D eigenvalue weighted by molar-refractivity contribution is 6.96. The molecule has 0 spiro atoms. The van der Waals surface area contributed by atoms with E-state index in [1.165, 1.54) is 5.19 Å². The zero-order valence-electron chi connectivity index (χ0n) is 8.29. The van der Waals surface area contributed by atoms with E-state index in [1.807, 2.05) is 12.1 Å². The molecule has 0 aliphatic heterocycles. The first-order chi connectivity index (χ1) is 6.10. The van der Waals surface area contributed by atoms with Crippen molar-refractivity contribution in [3.8, 4) is 17.7 Å². The molecule has 0 fully saturated rings. The summed E-state index contributed by atoms with van der Waals surface area (Å²) in [6.45, 7) is 4.32. The van der Waals surface area contributed by atoms with Gasteiger partial charge in [-0.25, -0.2) is 0 Å². The Labute approximate surface area is 80.7 Å². The van der Waals surface area contributed by atoms with E-state index in [0.717, 1.165) is 5.75 Å². The van der Waals surface area contributed by atoms with Gasteiger partial charge in [0.2, 0.25) is 0 Å². The second-order valence-corrected chi connectivity index (χ2v) is 7.61. The molecule has 68 valence electrons. The standard InChI is InChI=1S/C11H14OSi/c1-5-13(3,4)11-8-6-10(12-2)7-9-11/h1,6-9H,2-4H3. The van der Waals surface area contributed by atoms with Gasteiger partial charge in [0.1, 0.15) is 5.75 Å². The Morgan fingerprint density at radius 1 is 1.23 bits per heavy atom. The predicted molar refractivity (Wildman–Crippen MR) is 58.9 cm³/mol. The second kappa shape index (κ2) is 3.67. The molecule has 1 nitrogen and oxygen atoms in total. The molecule has 0 aliphatic carbocycles. The van der Waals surface area contributed by atoms with Crippen LogP contribution < -0.4 is 9.92 Å². The van der Waals surface area contributed by atoms with Gasteiger partial charge in [0, 0.05) is 0 Å². The van der Waals surface area contributed by atoms with E-state index in [1.54, 1.807) is 7.11 Å². The Bertz CT molecular complexity index is 319. The molecular weight excluding hydrogens is 176 g/mol. The van der Waals surface area contributed by atoms with E-state index < -0.39 is 8.07 Å². The molecule has 1 aromatic carbocycles. The minimum atomic E-state index is -1.62. The van der Waals surface area contributed by atoms with Crippen molar-refractivity contribution < 1.29 is 4.74 Å². The van der Waals surface area contributed by atoms with Crippen LogP contribution in [0.2, 0.25) is 13.1 Å². The average Bonchev–Trinajstić information content (AvgIpc) is 2.18. The Kier molecular flexibility index (Phi) is 2.79. The summed E-state index contributed by atoms with van der Waals surface area (Å²) < 4.78 is 5.08. The van der Waals surface area contributed by atoms with E-state index in [-0.39, 0.29) is 0 Å². The molecule has 0 aromatic heterocycles. The molecule has 1 aromatic rings. The predicted octanol–water partition coefficient (Wildman–Crippen LogP) is 1.78. The SMILES string of the molecule is C#C[Si](C)(C)c1ccc(OC)cc1. The van der Waals surface area contributed by atoms with Gasteiger partial charge < -0.3 is 4.74 Å². The van der Waals surface area contributed by atoms with Crippen LogP contribution in [0.1, 0.15) is 0 Å². The number of terminal acetylenes is 1. The molecule has 1 rings (SSSR count). The third-order valence-electron chi connectivity index (χ3n) is 2.17. The zero-order valence-corrected chi connectivity index (χ0v) is 9.29. The van der Waals surface area contributed by atoms with Crippen LogP contribution in [0.4, 0.5) is 0 Å². The number of methoxy groups -OCH3 is 1. The highest BCUT2D eigenvalue weighted by Gasteiger charge is 2.19. The van der Waals surface area contributed by atoms with Crippen molar-refractivity contribution in [3.63, 3.8) is 0 Å². The fourth-order valence-electron chi connectivity index (χ4n) is 1.09. The average molecular weight is 190 g/mol. The zero-order chi connectivity index (χ0) is 9.90. The van der Waals surface area contributed by atoms with Crippen LogP contribution in [0.25, 0.3) is 0 Å². The first kappa shape index (κ1) is 9.88. The topological polar surface area (TPSA) is 9.23 Å². The lowest BCUT2D eigenvalue weighted by atomic mass is 10.3. The number of hydrogen-bond donors (Lipinski definition) is 0. The molecule has 0 amide bonds. The maximum Gasteiger partial charge on any atom is 0.162 e. The second-order valence-electron chi connectivity index (χ2n) is 3.50. The molecule has 2 heteroatoms. The van der Waals surface area contributed by atoms with Crippen LogP contribution in [0.3, 0.4) is 0 Å². The maximum atomic E-state index is 5.49. The van der Waals surface area contributed by atoms with Gasteiger partial charge in [-0.1, -0.05) is 25.2 Å². The highest BCUT2D eigenvalue weighted by Crippen LogP contribution is 2.09. The van der Waals surface area contributed by atoms with Gasteiger partial charge >= 0.3 is 0 Å². The molecule has 0 saturated carbocycles. The lowest BCUT2D eigenvalue weighted by Crippen LogP contribution is -2.39. The van der Waals surface area contributed by atoms with Gasteiger partial charge in [-0.2, -0.15) is 0 Å². The van der Waals surface area contributed by atoms with Crippen LogP contribution >= 0.6 is 0 Å². The molecule has 0 bridgehead atoms. The van der Waals surface area contributed by atoms with Crippen LogP contribution in [-0.4, -0.2) is 15.2 Å². The summed E-state index contributed by atoms with van der Waals surface area (Å²) in [5, 5.41) is 1.27. The number of rotatable bonds is 2. The maximum absolute atomic E-state index is 5.49. The van der Waals surface area contributed by atoms with Crippen molar-refractivity contribution in [1.82, 2.24) is 0 Å². The van der Waals surface area contributed by atoms with Gasteiger partial charge in [0.05, 0.1) is 7.11 Å².